The Kier molecular flexibility index (Phi) is 3.30. The summed E-state index contributed by atoms with van der Waals surface area (Å²) in [6.07, 6.45) is 0.596. The van der Waals surface area contributed by atoms with Crippen LogP contribution in [0.25, 0.3) is 0 Å². The monoisotopic (exact) mass is 292 g/mol. The fourth-order valence-corrected chi connectivity index (χ4v) is 3.07. The maximum absolute atomic E-state index is 13.4. The summed E-state index contributed by atoms with van der Waals surface area (Å²) >= 11 is 0. The van der Waals surface area contributed by atoms with Crippen molar-refractivity contribution in [3.05, 3.63) is 29.6 Å². The molecule has 5 heteroatoms. The number of carbonyl (C=O) groups excluding carboxylic acids is 1. The van der Waals surface area contributed by atoms with Crippen molar-refractivity contribution in [3.8, 4) is 0 Å². The molecule has 114 valence electrons. The van der Waals surface area contributed by atoms with Crippen molar-refractivity contribution in [2.24, 2.45) is 0 Å². The van der Waals surface area contributed by atoms with E-state index in [9.17, 15) is 9.18 Å². The molecular formula is C16H21FN2O2. The van der Waals surface area contributed by atoms with Crippen LogP contribution in [0.3, 0.4) is 0 Å². The van der Waals surface area contributed by atoms with Gasteiger partial charge in [-0.15, -0.1) is 0 Å². The molecule has 4 nitrogen and oxygen atoms in total. The van der Waals surface area contributed by atoms with Crippen LogP contribution < -0.4 is 4.90 Å². The van der Waals surface area contributed by atoms with Gasteiger partial charge < -0.3 is 14.5 Å². The van der Waals surface area contributed by atoms with Gasteiger partial charge in [0.2, 0.25) is 0 Å². The van der Waals surface area contributed by atoms with Gasteiger partial charge in [-0.2, -0.15) is 0 Å². The van der Waals surface area contributed by atoms with Crippen LogP contribution in [0.5, 0.6) is 0 Å². The maximum atomic E-state index is 13.4. The van der Waals surface area contributed by atoms with E-state index in [-0.39, 0.29) is 18.0 Å². The smallest absolute Gasteiger partial charge is 0.410 e. The van der Waals surface area contributed by atoms with Gasteiger partial charge in [-0.25, -0.2) is 9.18 Å². The van der Waals surface area contributed by atoms with Crippen molar-refractivity contribution in [3.63, 3.8) is 0 Å². The second-order valence-electron chi connectivity index (χ2n) is 6.75. The number of fused-ring (bicyclic) bond motifs is 3. The molecule has 0 spiro atoms. The number of rotatable bonds is 0. The molecule has 0 aliphatic carbocycles. The lowest BCUT2D eigenvalue weighted by atomic mass is 10.1. The van der Waals surface area contributed by atoms with Crippen LogP contribution >= 0.6 is 0 Å². The highest BCUT2D eigenvalue weighted by atomic mass is 19.1. The number of carbonyl (C=O) groups is 1. The van der Waals surface area contributed by atoms with E-state index in [1.165, 1.54) is 6.07 Å². The quantitative estimate of drug-likeness (QED) is 0.737. The van der Waals surface area contributed by atoms with Crippen LogP contribution in [0.1, 0.15) is 26.3 Å². The first-order valence-corrected chi connectivity index (χ1v) is 7.36. The van der Waals surface area contributed by atoms with Gasteiger partial charge in [-0.3, -0.25) is 0 Å². The molecule has 0 saturated carbocycles. The molecule has 1 saturated heterocycles. The number of halogens is 1. The van der Waals surface area contributed by atoms with E-state index in [0.29, 0.717) is 13.1 Å². The summed E-state index contributed by atoms with van der Waals surface area (Å²) in [6, 6.07) is 5.17. The average molecular weight is 292 g/mol. The number of amides is 1. The van der Waals surface area contributed by atoms with Gasteiger partial charge in [0.05, 0.1) is 6.04 Å². The van der Waals surface area contributed by atoms with E-state index in [2.05, 4.69) is 4.90 Å². The highest BCUT2D eigenvalue weighted by Gasteiger charge is 2.36. The maximum Gasteiger partial charge on any atom is 0.410 e. The molecule has 21 heavy (non-hydrogen) atoms. The van der Waals surface area contributed by atoms with E-state index >= 15 is 0 Å². The normalized spacial score (nSPS) is 21.0. The Morgan fingerprint density at radius 2 is 2.10 bits per heavy atom. The Balaban J connectivity index is 1.71. The molecular weight excluding hydrogens is 271 g/mol. The lowest BCUT2D eigenvalue weighted by molar-refractivity contribution is 0.0217. The summed E-state index contributed by atoms with van der Waals surface area (Å²) in [6.45, 7) is 7.58. The molecule has 1 fully saturated rings. The fraction of sp³-hybridized carbons (Fsp3) is 0.562. The van der Waals surface area contributed by atoms with Crippen LogP contribution in [-0.2, 0) is 11.2 Å². The predicted molar refractivity (Wildman–Crippen MR) is 79.0 cm³/mol. The first-order valence-electron chi connectivity index (χ1n) is 7.36. The van der Waals surface area contributed by atoms with Crippen LogP contribution in [0.15, 0.2) is 18.2 Å². The van der Waals surface area contributed by atoms with Gasteiger partial charge in [0.25, 0.3) is 0 Å². The molecule has 1 aromatic rings. The zero-order valence-electron chi connectivity index (χ0n) is 12.7. The van der Waals surface area contributed by atoms with E-state index in [1.807, 2.05) is 26.8 Å². The Morgan fingerprint density at radius 3 is 2.81 bits per heavy atom. The van der Waals surface area contributed by atoms with Gasteiger partial charge in [0, 0.05) is 25.3 Å². The highest BCUT2D eigenvalue weighted by molar-refractivity contribution is 5.69. The number of anilines is 1. The first-order chi connectivity index (χ1) is 9.83. The molecule has 0 N–H and O–H groups in total. The second-order valence-corrected chi connectivity index (χ2v) is 6.75. The van der Waals surface area contributed by atoms with Crippen LogP contribution in [-0.4, -0.2) is 42.3 Å². The third-order valence-electron chi connectivity index (χ3n) is 3.95. The van der Waals surface area contributed by atoms with Gasteiger partial charge in [-0.05, 0) is 44.9 Å². The number of benzene rings is 1. The van der Waals surface area contributed by atoms with E-state index in [0.717, 1.165) is 24.2 Å². The summed E-state index contributed by atoms with van der Waals surface area (Å²) in [5.41, 5.74) is 1.66. The minimum absolute atomic E-state index is 0.205. The fourth-order valence-electron chi connectivity index (χ4n) is 3.07. The van der Waals surface area contributed by atoms with Gasteiger partial charge in [0.15, 0.2) is 0 Å². The van der Waals surface area contributed by atoms with Crippen molar-refractivity contribution < 1.29 is 13.9 Å². The minimum Gasteiger partial charge on any atom is -0.444 e. The van der Waals surface area contributed by atoms with E-state index < -0.39 is 5.60 Å². The minimum atomic E-state index is -0.476. The second kappa shape index (κ2) is 4.90. The van der Waals surface area contributed by atoms with Gasteiger partial charge >= 0.3 is 6.09 Å². The lowest BCUT2D eigenvalue weighted by Crippen LogP contribution is -2.54. The number of ether oxygens (including phenoxy) is 1. The standard InChI is InChI=1S/C16H21FN2O2/c1-16(2,3)21-15(20)18-6-7-19-13(10-18)8-11-4-5-12(17)9-14(11)19/h4-5,9,13H,6-8,10H2,1-3H3. The lowest BCUT2D eigenvalue weighted by Gasteiger charge is -2.39. The molecule has 0 aromatic heterocycles. The van der Waals surface area contributed by atoms with Crippen LogP contribution in [0.2, 0.25) is 0 Å². The third-order valence-corrected chi connectivity index (χ3v) is 3.95. The summed E-state index contributed by atoms with van der Waals surface area (Å²) in [5, 5.41) is 0. The van der Waals surface area contributed by atoms with E-state index in [1.54, 1.807) is 11.0 Å². The van der Waals surface area contributed by atoms with E-state index in [4.69, 9.17) is 4.74 Å². The number of hydrogen-bond donors (Lipinski definition) is 0. The van der Waals surface area contributed by atoms with Gasteiger partial charge in [0.1, 0.15) is 11.4 Å². The summed E-state index contributed by atoms with van der Waals surface area (Å²) in [4.78, 5) is 16.1. The first kappa shape index (κ1) is 14.2. The van der Waals surface area contributed by atoms with Crippen molar-refractivity contribution >= 4 is 11.8 Å². The highest BCUT2D eigenvalue weighted by Crippen LogP contribution is 2.34. The molecule has 2 aliphatic rings. The van der Waals surface area contributed by atoms with Crippen molar-refractivity contribution in [1.29, 1.82) is 0 Å². The Hall–Kier alpha value is -1.78. The molecule has 0 bridgehead atoms. The SMILES string of the molecule is CC(C)(C)OC(=O)N1CCN2c3cc(F)ccc3CC2C1. The van der Waals surface area contributed by atoms with Crippen molar-refractivity contribution in [1.82, 2.24) is 4.90 Å². The Bertz CT molecular complexity index is 568. The third kappa shape index (κ3) is 2.82. The number of nitrogens with zero attached hydrogens (tertiary/aromatic N) is 2. The average Bonchev–Trinajstić information content (AvgIpc) is 2.73. The van der Waals surface area contributed by atoms with Crippen LogP contribution in [0.4, 0.5) is 14.9 Å². The molecule has 1 amide bonds. The predicted octanol–water partition coefficient (Wildman–Crippen LogP) is 2.81. The van der Waals surface area contributed by atoms with Crippen LogP contribution in [0, 0.1) is 5.82 Å². The molecule has 1 atom stereocenters. The molecule has 0 radical (unpaired) electrons. The zero-order valence-corrected chi connectivity index (χ0v) is 12.7. The molecule has 1 unspecified atom stereocenters. The summed E-state index contributed by atoms with van der Waals surface area (Å²) in [7, 11) is 0. The van der Waals surface area contributed by atoms with Crippen molar-refractivity contribution in [2.45, 2.75) is 38.8 Å². The Labute approximate surface area is 124 Å². The molecule has 1 aromatic carbocycles. The van der Waals surface area contributed by atoms with Crippen molar-refractivity contribution in [2.75, 3.05) is 24.5 Å². The van der Waals surface area contributed by atoms with Gasteiger partial charge in [-0.1, -0.05) is 6.07 Å². The molecule has 2 heterocycles. The molecule has 2 aliphatic heterocycles. The summed E-state index contributed by atoms with van der Waals surface area (Å²) < 4.78 is 18.8. The zero-order chi connectivity index (χ0) is 15.2. The number of piperazine rings is 1. The topological polar surface area (TPSA) is 32.8 Å². The Morgan fingerprint density at radius 1 is 1.33 bits per heavy atom. The molecule has 3 rings (SSSR count). The summed E-state index contributed by atoms with van der Waals surface area (Å²) in [5.74, 6) is -0.205. The number of hydrogen-bond acceptors (Lipinski definition) is 3. The largest absolute Gasteiger partial charge is 0.444 e.